The van der Waals surface area contributed by atoms with Crippen LogP contribution in [0.25, 0.3) is 0 Å². The monoisotopic (exact) mass is 261 g/mol. The molecular weight excluding hydrogens is 230 g/mol. The summed E-state index contributed by atoms with van der Waals surface area (Å²) in [6.07, 6.45) is 14.0. The molecule has 0 aromatic heterocycles. The molecule has 0 heterocycles. The van der Waals surface area contributed by atoms with Crippen molar-refractivity contribution in [3.8, 4) is 0 Å². The fourth-order valence-corrected chi connectivity index (χ4v) is 1.46. The summed E-state index contributed by atoms with van der Waals surface area (Å²) in [6.45, 7) is 18.6. The van der Waals surface area contributed by atoms with Crippen molar-refractivity contribution in [2.75, 3.05) is 6.54 Å². The first kappa shape index (κ1) is 19.8. The normalized spacial score (nSPS) is 10.6. The van der Waals surface area contributed by atoms with Crippen LogP contribution in [-0.2, 0) is 0 Å². The predicted molar refractivity (Wildman–Crippen MR) is 90.2 cm³/mol. The highest BCUT2D eigenvalue weighted by Gasteiger charge is 1.95. The Kier molecular flexibility index (Phi) is 17.2. The zero-order valence-electron chi connectivity index (χ0n) is 13.0. The zero-order valence-corrected chi connectivity index (χ0v) is 13.0. The summed E-state index contributed by atoms with van der Waals surface area (Å²) >= 11 is 0. The number of hydrogen-bond donors (Lipinski definition) is 1. The maximum absolute atomic E-state index is 4.01. The molecule has 0 radical (unpaired) electrons. The second-order valence-corrected chi connectivity index (χ2v) is 3.96. The Bertz CT molecular complexity index is 295. The van der Waals surface area contributed by atoms with Crippen molar-refractivity contribution in [1.82, 2.24) is 5.32 Å². The second kappa shape index (κ2) is 16.5. The van der Waals surface area contributed by atoms with Crippen molar-refractivity contribution in [2.45, 2.75) is 46.5 Å². The van der Waals surface area contributed by atoms with E-state index in [2.05, 4.69) is 38.1 Å². The lowest BCUT2D eigenvalue weighted by Gasteiger charge is -2.08. The second-order valence-electron chi connectivity index (χ2n) is 3.96. The summed E-state index contributed by atoms with van der Waals surface area (Å²) in [7, 11) is 0. The number of nitrogens with one attached hydrogen (secondary N) is 1. The molecule has 0 saturated carbocycles. The zero-order chi connectivity index (χ0) is 14.9. The minimum atomic E-state index is 1.02. The molecule has 0 spiro atoms. The molecule has 0 aliphatic carbocycles. The Labute approximate surface area is 120 Å². The number of hydrogen-bond acceptors (Lipinski definition) is 1. The standard InChI is InChI=1S/C16H25N.C2H6/c1-5-8-12-16(10-6-2)13-9-11-15(4)17-14-7-3;1-2/h5-6,8,10,12,17H,1-2,4,7,9,11,13-14H2,3H3;1-2H3/b12-8-,16-10+;. The third-order valence-corrected chi connectivity index (χ3v) is 2.35. The van der Waals surface area contributed by atoms with Crippen molar-refractivity contribution in [3.05, 3.63) is 61.4 Å². The maximum atomic E-state index is 4.01. The van der Waals surface area contributed by atoms with Gasteiger partial charge in [0.25, 0.3) is 0 Å². The highest BCUT2D eigenvalue weighted by atomic mass is 14.9. The van der Waals surface area contributed by atoms with E-state index in [1.165, 1.54) is 5.57 Å². The molecule has 1 heteroatoms. The van der Waals surface area contributed by atoms with E-state index in [0.717, 1.165) is 37.9 Å². The molecule has 0 saturated heterocycles. The van der Waals surface area contributed by atoms with Gasteiger partial charge < -0.3 is 5.32 Å². The van der Waals surface area contributed by atoms with Crippen molar-refractivity contribution >= 4 is 0 Å². The van der Waals surface area contributed by atoms with Crippen LogP contribution in [0.5, 0.6) is 0 Å². The lowest BCUT2D eigenvalue weighted by molar-refractivity contribution is 0.700. The summed E-state index contributed by atoms with van der Waals surface area (Å²) in [6, 6.07) is 0. The lowest BCUT2D eigenvalue weighted by atomic mass is 10.1. The summed E-state index contributed by atoms with van der Waals surface area (Å²) < 4.78 is 0. The molecule has 1 N–H and O–H groups in total. The summed E-state index contributed by atoms with van der Waals surface area (Å²) in [5.74, 6) is 0. The van der Waals surface area contributed by atoms with E-state index in [0.29, 0.717) is 0 Å². The van der Waals surface area contributed by atoms with Gasteiger partial charge in [-0.2, -0.15) is 0 Å². The smallest absolute Gasteiger partial charge is 0.0141 e. The Morgan fingerprint density at radius 1 is 1.11 bits per heavy atom. The Morgan fingerprint density at radius 3 is 2.32 bits per heavy atom. The minimum Gasteiger partial charge on any atom is -0.389 e. The van der Waals surface area contributed by atoms with E-state index in [-0.39, 0.29) is 0 Å². The molecule has 19 heavy (non-hydrogen) atoms. The summed E-state index contributed by atoms with van der Waals surface area (Å²) in [5, 5.41) is 3.31. The van der Waals surface area contributed by atoms with Gasteiger partial charge in [-0.3, -0.25) is 0 Å². The van der Waals surface area contributed by atoms with Gasteiger partial charge in [-0.25, -0.2) is 0 Å². The van der Waals surface area contributed by atoms with Crippen LogP contribution in [0.4, 0.5) is 0 Å². The Balaban J connectivity index is 0. The fraction of sp³-hybridized carbons (Fsp3) is 0.444. The average molecular weight is 261 g/mol. The van der Waals surface area contributed by atoms with E-state index >= 15 is 0 Å². The van der Waals surface area contributed by atoms with Crippen molar-refractivity contribution in [2.24, 2.45) is 0 Å². The highest BCUT2D eigenvalue weighted by molar-refractivity contribution is 5.25. The van der Waals surface area contributed by atoms with Gasteiger partial charge in [0.1, 0.15) is 0 Å². The topological polar surface area (TPSA) is 12.0 Å². The molecule has 0 bridgehead atoms. The van der Waals surface area contributed by atoms with Crippen LogP contribution < -0.4 is 5.32 Å². The van der Waals surface area contributed by atoms with Crippen LogP contribution in [0.2, 0.25) is 0 Å². The molecule has 0 unspecified atom stereocenters. The van der Waals surface area contributed by atoms with Crippen LogP contribution in [-0.4, -0.2) is 6.54 Å². The third-order valence-electron chi connectivity index (χ3n) is 2.35. The Morgan fingerprint density at radius 2 is 1.79 bits per heavy atom. The molecule has 0 aliphatic rings. The van der Waals surface area contributed by atoms with Gasteiger partial charge in [-0.15, -0.1) is 0 Å². The van der Waals surface area contributed by atoms with E-state index in [1.807, 2.05) is 32.1 Å². The quantitative estimate of drug-likeness (QED) is 0.508. The molecular formula is C18H31N. The van der Waals surface area contributed by atoms with Gasteiger partial charge in [-0.05, 0) is 31.3 Å². The van der Waals surface area contributed by atoms with Gasteiger partial charge in [0, 0.05) is 12.2 Å². The fourth-order valence-electron chi connectivity index (χ4n) is 1.46. The molecule has 0 aliphatic heterocycles. The molecule has 0 rings (SSSR count). The molecule has 108 valence electrons. The Hall–Kier alpha value is -1.50. The first-order chi connectivity index (χ1) is 9.24. The van der Waals surface area contributed by atoms with Crippen LogP contribution in [0.15, 0.2) is 61.4 Å². The average Bonchev–Trinajstić information content (AvgIpc) is 2.44. The van der Waals surface area contributed by atoms with E-state index < -0.39 is 0 Å². The van der Waals surface area contributed by atoms with E-state index in [1.54, 1.807) is 6.08 Å². The first-order valence-electron chi connectivity index (χ1n) is 7.27. The van der Waals surface area contributed by atoms with Gasteiger partial charge in [-0.1, -0.05) is 70.9 Å². The van der Waals surface area contributed by atoms with Gasteiger partial charge in [0.05, 0.1) is 0 Å². The van der Waals surface area contributed by atoms with Crippen LogP contribution in [0.1, 0.15) is 46.5 Å². The van der Waals surface area contributed by atoms with Crippen LogP contribution in [0.3, 0.4) is 0 Å². The van der Waals surface area contributed by atoms with Crippen LogP contribution >= 0.6 is 0 Å². The molecule has 0 aromatic carbocycles. The third kappa shape index (κ3) is 14.4. The molecule has 0 fully saturated rings. The maximum Gasteiger partial charge on any atom is 0.0141 e. The lowest BCUT2D eigenvalue weighted by Crippen LogP contribution is -2.12. The van der Waals surface area contributed by atoms with E-state index in [9.17, 15) is 0 Å². The molecule has 0 amide bonds. The first-order valence-corrected chi connectivity index (χ1v) is 7.27. The predicted octanol–water partition coefficient (Wildman–Crippen LogP) is 5.55. The number of allylic oxidation sites excluding steroid dienone is 7. The van der Waals surface area contributed by atoms with E-state index in [4.69, 9.17) is 0 Å². The van der Waals surface area contributed by atoms with Crippen molar-refractivity contribution in [3.63, 3.8) is 0 Å². The summed E-state index contributed by atoms with van der Waals surface area (Å²) in [5.41, 5.74) is 2.42. The van der Waals surface area contributed by atoms with Crippen LogP contribution in [0, 0.1) is 0 Å². The minimum absolute atomic E-state index is 1.02. The molecule has 1 nitrogen and oxygen atoms in total. The van der Waals surface area contributed by atoms with Gasteiger partial charge in [0.15, 0.2) is 0 Å². The number of rotatable bonds is 10. The van der Waals surface area contributed by atoms with Crippen molar-refractivity contribution in [1.29, 1.82) is 0 Å². The van der Waals surface area contributed by atoms with Gasteiger partial charge >= 0.3 is 0 Å². The SMILES string of the molecule is C=C/C=C\C(=C/C=C)CCCC(=C)NCCC.CC. The molecule has 0 aromatic rings. The summed E-state index contributed by atoms with van der Waals surface area (Å²) in [4.78, 5) is 0. The van der Waals surface area contributed by atoms with Crippen molar-refractivity contribution < 1.29 is 0 Å². The molecule has 0 atom stereocenters. The van der Waals surface area contributed by atoms with Gasteiger partial charge in [0.2, 0.25) is 0 Å². The highest BCUT2D eigenvalue weighted by Crippen LogP contribution is 2.11. The largest absolute Gasteiger partial charge is 0.389 e.